The average Bonchev–Trinajstić information content (AvgIpc) is 1.99. The van der Waals surface area contributed by atoms with Crippen LogP contribution in [0.25, 0.3) is 0 Å². The minimum atomic E-state index is 0.0835. The summed E-state index contributed by atoms with van der Waals surface area (Å²) in [6.07, 6.45) is 2.84. The smallest absolute Gasteiger partial charge is 0.220 e. The molecular formula is C8H15NO2. The van der Waals surface area contributed by atoms with E-state index in [4.69, 9.17) is 4.74 Å². The number of amides is 1. The van der Waals surface area contributed by atoms with Gasteiger partial charge in [0.15, 0.2) is 0 Å². The highest BCUT2D eigenvalue weighted by atomic mass is 16.5. The van der Waals surface area contributed by atoms with E-state index in [-0.39, 0.29) is 5.91 Å². The first kappa shape index (κ1) is 10.0. The van der Waals surface area contributed by atoms with Gasteiger partial charge in [-0.05, 0) is 6.42 Å². The maximum atomic E-state index is 10.8. The van der Waals surface area contributed by atoms with Crippen LogP contribution in [-0.2, 0) is 9.53 Å². The number of ether oxygens (including phenoxy) is 1. The third kappa shape index (κ3) is 6.90. The number of hydrogen-bond donors (Lipinski definition) is 1. The maximum absolute atomic E-state index is 10.8. The van der Waals surface area contributed by atoms with Crippen molar-refractivity contribution in [3.63, 3.8) is 0 Å². The molecule has 0 heterocycles. The summed E-state index contributed by atoms with van der Waals surface area (Å²) >= 11 is 0. The van der Waals surface area contributed by atoms with E-state index in [1.807, 2.05) is 6.92 Å². The lowest BCUT2D eigenvalue weighted by Gasteiger charge is -2.02. The van der Waals surface area contributed by atoms with Gasteiger partial charge in [-0.15, -0.1) is 0 Å². The third-order valence-corrected chi connectivity index (χ3v) is 1.14. The summed E-state index contributed by atoms with van der Waals surface area (Å²) in [6, 6.07) is 0. The van der Waals surface area contributed by atoms with Gasteiger partial charge in [0.1, 0.15) is 6.61 Å². The lowest BCUT2D eigenvalue weighted by Crippen LogP contribution is -2.26. The summed E-state index contributed by atoms with van der Waals surface area (Å²) < 4.78 is 4.81. The molecule has 0 radical (unpaired) electrons. The highest BCUT2D eigenvalue weighted by molar-refractivity contribution is 5.75. The summed E-state index contributed by atoms with van der Waals surface area (Å²) in [4.78, 5) is 10.8. The molecule has 0 aromatic carbocycles. The van der Waals surface area contributed by atoms with Crippen molar-refractivity contribution in [2.45, 2.75) is 19.8 Å². The summed E-state index contributed by atoms with van der Waals surface area (Å²) in [6.45, 7) is 6.41. The molecule has 0 aliphatic rings. The minimum Gasteiger partial charge on any atom is -0.500 e. The van der Waals surface area contributed by atoms with Gasteiger partial charge in [0.05, 0.1) is 12.8 Å². The molecule has 0 unspecified atom stereocenters. The van der Waals surface area contributed by atoms with E-state index in [0.29, 0.717) is 19.6 Å². The van der Waals surface area contributed by atoms with Crippen LogP contribution >= 0.6 is 0 Å². The zero-order valence-corrected chi connectivity index (χ0v) is 6.93. The average molecular weight is 157 g/mol. The van der Waals surface area contributed by atoms with Crippen LogP contribution in [0.1, 0.15) is 19.8 Å². The molecule has 11 heavy (non-hydrogen) atoms. The highest BCUT2D eigenvalue weighted by Crippen LogP contribution is 1.84. The quantitative estimate of drug-likeness (QED) is 0.462. The fourth-order valence-electron chi connectivity index (χ4n) is 0.648. The van der Waals surface area contributed by atoms with Crippen molar-refractivity contribution in [2.75, 3.05) is 13.2 Å². The predicted molar refractivity (Wildman–Crippen MR) is 44.1 cm³/mol. The van der Waals surface area contributed by atoms with Crippen LogP contribution in [0.5, 0.6) is 0 Å². The van der Waals surface area contributed by atoms with Gasteiger partial charge < -0.3 is 10.1 Å². The molecule has 0 saturated carbocycles. The molecule has 0 aliphatic carbocycles. The fraction of sp³-hybridized carbons (Fsp3) is 0.625. The monoisotopic (exact) mass is 157 g/mol. The van der Waals surface area contributed by atoms with E-state index < -0.39 is 0 Å². The molecule has 0 bridgehead atoms. The molecule has 0 saturated heterocycles. The number of rotatable bonds is 6. The van der Waals surface area contributed by atoms with Crippen LogP contribution in [-0.4, -0.2) is 19.1 Å². The van der Waals surface area contributed by atoms with Crippen LogP contribution < -0.4 is 5.32 Å². The number of nitrogens with one attached hydrogen (secondary N) is 1. The Morgan fingerprint density at radius 3 is 3.00 bits per heavy atom. The Kier molecular flexibility index (Phi) is 6.48. The Morgan fingerprint density at radius 1 is 1.73 bits per heavy atom. The van der Waals surface area contributed by atoms with Crippen molar-refractivity contribution in [1.29, 1.82) is 0 Å². The van der Waals surface area contributed by atoms with Gasteiger partial charge in [-0.3, -0.25) is 4.79 Å². The molecule has 0 fully saturated rings. The van der Waals surface area contributed by atoms with Gasteiger partial charge in [0.25, 0.3) is 0 Å². The van der Waals surface area contributed by atoms with Crippen LogP contribution in [0.4, 0.5) is 0 Å². The molecule has 0 aromatic rings. The molecule has 0 aromatic heterocycles. The summed E-state index contributed by atoms with van der Waals surface area (Å²) in [5.74, 6) is 0.0835. The standard InChI is InChI=1S/C8H15NO2/c1-3-5-8(10)9-6-7-11-4-2/h4H,2-3,5-7H2,1H3,(H,9,10). The fourth-order valence-corrected chi connectivity index (χ4v) is 0.648. The van der Waals surface area contributed by atoms with Crippen molar-refractivity contribution in [3.8, 4) is 0 Å². The number of carbonyl (C=O) groups excluding carboxylic acids is 1. The van der Waals surface area contributed by atoms with Crippen molar-refractivity contribution >= 4 is 5.91 Å². The Morgan fingerprint density at radius 2 is 2.45 bits per heavy atom. The zero-order valence-electron chi connectivity index (χ0n) is 6.93. The first-order valence-corrected chi connectivity index (χ1v) is 3.80. The minimum absolute atomic E-state index is 0.0835. The second kappa shape index (κ2) is 7.12. The first-order valence-electron chi connectivity index (χ1n) is 3.80. The van der Waals surface area contributed by atoms with Gasteiger partial charge in [-0.25, -0.2) is 0 Å². The van der Waals surface area contributed by atoms with Crippen molar-refractivity contribution < 1.29 is 9.53 Å². The molecule has 3 heteroatoms. The van der Waals surface area contributed by atoms with Crippen molar-refractivity contribution in [1.82, 2.24) is 5.32 Å². The normalized spacial score (nSPS) is 8.82. The SMILES string of the molecule is C=COCCNC(=O)CCC. The van der Waals surface area contributed by atoms with Crippen LogP contribution in [0, 0.1) is 0 Å². The topological polar surface area (TPSA) is 38.3 Å². The Balaban J connectivity index is 3.10. The molecule has 0 aliphatic heterocycles. The summed E-state index contributed by atoms with van der Waals surface area (Å²) in [5.41, 5.74) is 0. The van der Waals surface area contributed by atoms with E-state index in [1.54, 1.807) is 0 Å². The number of hydrogen-bond acceptors (Lipinski definition) is 2. The second-order valence-electron chi connectivity index (χ2n) is 2.14. The lowest BCUT2D eigenvalue weighted by molar-refractivity contribution is -0.121. The van der Waals surface area contributed by atoms with E-state index in [9.17, 15) is 4.79 Å². The van der Waals surface area contributed by atoms with Crippen LogP contribution in [0.2, 0.25) is 0 Å². The first-order chi connectivity index (χ1) is 5.31. The van der Waals surface area contributed by atoms with Crippen LogP contribution in [0.3, 0.4) is 0 Å². The molecule has 1 amide bonds. The molecule has 0 rings (SSSR count). The van der Waals surface area contributed by atoms with E-state index >= 15 is 0 Å². The van der Waals surface area contributed by atoms with E-state index in [2.05, 4.69) is 11.9 Å². The van der Waals surface area contributed by atoms with Crippen molar-refractivity contribution in [2.24, 2.45) is 0 Å². The van der Waals surface area contributed by atoms with Gasteiger partial charge in [0, 0.05) is 6.42 Å². The largest absolute Gasteiger partial charge is 0.500 e. The van der Waals surface area contributed by atoms with E-state index in [1.165, 1.54) is 6.26 Å². The second-order valence-corrected chi connectivity index (χ2v) is 2.14. The van der Waals surface area contributed by atoms with Gasteiger partial charge in [-0.1, -0.05) is 13.5 Å². The Labute approximate surface area is 67.4 Å². The van der Waals surface area contributed by atoms with Crippen LogP contribution in [0.15, 0.2) is 12.8 Å². The Bertz CT molecular complexity index is 123. The zero-order chi connectivity index (χ0) is 8.53. The molecular weight excluding hydrogens is 142 g/mol. The predicted octanol–water partition coefficient (Wildman–Crippen LogP) is 1.06. The van der Waals surface area contributed by atoms with E-state index in [0.717, 1.165) is 6.42 Å². The number of carbonyl (C=O) groups is 1. The van der Waals surface area contributed by atoms with Crippen molar-refractivity contribution in [3.05, 3.63) is 12.8 Å². The molecule has 3 nitrogen and oxygen atoms in total. The highest BCUT2D eigenvalue weighted by Gasteiger charge is 1.95. The molecule has 0 spiro atoms. The lowest BCUT2D eigenvalue weighted by atomic mass is 10.3. The van der Waals surface area contributed by atoms with Gasteiger partial charge in [0.2, 0.25) is 5.91 Å². The van der Waals surface area contributed by atoms with Gasteiger partial charge in [-0.2, -0.15) is 0 Å². The molecule has 64 valence electrons. The molecule has 0 atom stereocenters. The Hall–Kier alpha value is -0.990. The third-order valence-electron chi connectivity index (χ3n) is 1.14. The molecule has 1 N–H and O–H groups in total. The summed E-state index contributed by atoms with van der Waals surface area (Å²) in [7, 11) is 0. The summed E-state index contributed by atoms with van der Waals surface area (Å²) in [5, 5.41) is 2.71. The maximum Gasteiger partial charge on any atom is 0.220 e. The van der Waals surface area contributed by atoms with Gasteiger partial charge >= 0.3 is 0 Å².